The number of carbonyl (C=O) groups excluding carboxylic acids is 2. The molecule has 1 aliphatic rings. The minimum absolute atomic E-state index is 0.00792. The smallest absolute Gasteiger partial charge is 0.270 e. The van der Waals surface area contributed by atoms with Gasteiger partial charge in [-0.2, -0.15) is 0 Å². The van der Waals surface area contributed by atoms with E-state index in [1.807, 2.05) is 0 Å². The highest BCUT2D eigenvalue weighted by atomic mass is 16.3. The lowest BCUT2D eigenvalue weighted by molar-refractivity contribution is 0.0498. The summed E-state index contributed by atoms with van der Waals surface area (Å²) in [5, 5.41) is 9.29. The number of nitrogens with one attached hydrogen (secondary N) is 1. The predicted molar refractivity (Wildman–Crippen MR) is 66.6 cm³/mol. The van der Waals surface area contributed by atoms with Gasteiger partial charge >= 0.3 is 0 Å². The molecular weight excluding hydrogens is 232 g/mol. The SMILES string of the molecule is CC(=O)c1c[nH]c(C(=O)N2CCCCC2CO)c1. The van der Waals surface area contributed by atoms with Crippen LogP contribution >= 0.6 is 0 Å². The Morgan fingerprint density at radius 2 is 2.28 bits per heavy atom. The number of ketones is 1. The van der Waals surface area contributed by atoms with Gasteiger partial charge in [0.2, 0.25) is 0 Å². The molecule has 1 aliphatic heterocycles. The van der Waals surface area contributed by atoms with Gasteiger partial charge in [-0.1, -0.05) is 0 Å². The molecule has 0 aliphatic carbocycles. The van der Waals surface area contributed by atoms with E-state index in [9.17, 15) is 14.7 Å². The van der Waals surface area contributed by atoms with Crippen LogP contribution in [0.25, 0.3) is 0 Å². The first-order valence-electron chi connectivity index (χ1n) is 6.24. The van der Waals surface area contributed by atoms with Crippen LogP contribution in [0.1, 0.15) is 47.0 Å². The number of aromatic nitrogens is 1. The predicted octanol–water partition coefficient (Wildman–Crippen LogP) is 1.20. The van der Waals surface area contributed by atoms with E-state index in [0.29, 0.717) is 17.8 Å². The summed E-state index contributed by atoms with van der Waals surface area (Å²) in [5.74, 6) is -0.205. The molecular formula is C13H18N2O3. The second-order valence-electron chi connectivity index (χ2n) is 4.69. The summed E-state index contributed by atoms with van der Waals surface area (Å²) in [4.78, 5) is 28.0. The average molecular weight is 250 g/mol. The fourth-order valence-corrected chi connectivity index (χ4v) is 2.33. The maximum absolute atomic E-state index is 12.3. The number of hydrogen-bond acceptors (Lipinski definition) is 3. The van der Waals surface area contributed by atoms with Gasteiger partial charge in [0.1, 0.15) is 5.69 Å². The van der Waals surface area contributed by atoms with Gasteiger partial charge in [-0.05, 0) is 32.3 Å². The number of Topliss-reactive ketones (excluding diaryl/α,β-unsaturated/α-hetero) is 1. The molecule has 2 rings (SSSR count). The molecule has 1 unspecified atom stereocenters. The van der Waals surface area contributed by atoms with Crippen LogP contribution in [0.3, 0.4) is 0 Å². The number of rotatable bonds is 3. The highest BCUT2D eigenvalue weighted by molar-refractivity contribution is 5.99. The van der Waals surface area contributed by atoms with E-state index >= 15 is 0 Å². The Labute approximate surface area is 106 Å². The molecule has 0 radical (unpaired) electrons. The Bertz CT molecular complexity index is 453. The van der Waals surface area contributed by atoms with Crippen molar-refractivity contribution in [3.63, 3.8) is 0 Å². The van der Waals surface area contributed by atoms with Gasteiger partial charge in [0.15, 0.2) is 5.78 Å². The molecule has 1 saturated heterocycles. The third kappa shape index (κ3) is 2.46. The van der Waals surface area contributed by atoms with Gasteiger partial charge in [0.05, 0.1) is 12.6 Å². The molecule has 98 valence electrons. The lowest BCUT2D eigenvalue weighted by Crippen LogP contribution is -2.45. The minimum atomic E-state index is -0.138. The third-order valence-electron chi connectivity index (χ3n) is 3.42. The van der Waals surface area contributed by atoms with Gasteiger partial charge < -0.3 is 15.0 Å². The first-order chi connectivity index (χ1) is 8.63. The van der Waals surface area contributed by atoms with Crippen molar-refractivity contribution in [3.05, 3.63) is 23.5 Å². The lowest BCUT2D eigenvalue weighted by atomic mass is 10.0. The van der Waals surface area contributed by atoms with E-state index in [1.165, 1.54) is 6.92 Å². The summed E-state index contributed by atoms with van der Waals surface area (Å²) >= 11 is 0. The second kappa shape index (κ2) is 5.35. The van der Waals surface area contributed by atoms with E-state index in [0.717, 1.165) is 19.3 Å². The molecule has 5 nitrogen and oxygen atoms in total. The molecule has 1 amide bonds. The Balaban J connectivity index is 2.15. The molecule has 0 aromatic carbocycles. The Morgan fingerprint density at radius 1 is 1.50 bits per heavy atom. The van der Waals surface area contributed by atoms with Crippen molar-refractivity contribution >= 4 is 11.7 Å². The van der Waals surface area contributed by atoms with Crippen LogP contribution in [0.2, 0.25) is 0 Å². The van der Waals surface area contributed by atoms with Crippen LogP contribution in [0, 0.1) is 0 Å². The van der Waals surface area contributed by atoms with Crippen molar-refractivity contribution in [3.8, 4) is 0 Å². The van der Waals surface area contributed by atoms with Crippen LogP contribution in [0.4, 0.5) is 0 Å². The zero-order valence-electron chi connectivity index (χ0n) is 10.5. The molecule has 1 fully saturated rings. The van der Waals surface area contributed by atoms with E-state index in [4.69, 9.17) is 0 Å². The summed E-state index contributed by atoms with van der Waals surface area (Å²) in [6.07, 6.45) is 4.39. The quantitative estimate of drug-likeness (QED) is 0.792. The third-order valence-corrected chi connectivity index (χ3v) is 3.42. The number of H-pyrrole nitrogens is 1. The van der Waals surface area contributed by atoms with E-state index in [-0.39, 0.29) is 24.3 Å². The zero-order valence-corrected chi connectivity index (χ0v) is 10.5. The van der Waals surface area contributed by atoms with Crippen LogP contribution < -0.4 is 0 Å². The van der Waals surface area contributed by atoms with Crippen LogP contribution in [0.15, 0.2) is 12.3 Å². The molecule has 1 aromatic heterocycles. The molecule has 2 N–H and O–H groups in total. The number of aliphatic hydroxyl groups excluding tert-OH is 1. The van der Waals surface area contributed by atoms with Crippen LogP contribution in [-0.2, 0) is 0 Å². The van der Waals surface area contributed by atoms with Crippen molar-refractivity contribution in [2.24, 2.45) is 0 Å². The highest BCUT2D eigenvalue weighted by Gasteiger charge is 2.27. The van der Waals surface area contributed by atoms with Gasteiger partial charge in [-0.25, -0.2) is 0 Å². The normalized spacial score (nSPS) is 19.9. The Morgan fingerprint density at radius 3 is 2.89 bits per heavy atom. The number of likely N-dealkylation sites (tertiary alicyclic amines) is 1. The van der Waals surface area contributed by atoms with Crippen molar-refractivity contribution < 1.29 is 14.7 Å². The largest absolute Gasteiger partial charge is 0.394 e. The van der Waals surface area contributed by atoms with E-state index in [2.05, 4.69) is 4.98 Å². The van der Waals surface area contributed by atoms with Crippen molar-refractivity contribution in [1.29, 1.82) is 0 Å². The first-order valence-corrected chi connectivity index (χ1v) is 6.24. The number of nitrogens with zero attached hydrogens (tertiary/aromatic N) is 1. The molecule has 1 aromatic rings. The van der Waals surface area contributed by atoms with Gasteiger partial charge in [0.25, 0.3) is 5.91 Å². The van der Waals surface area contributed by atoms with Gasteiger partial charge in [0, 0.05) is 18.3 Å². The molecule has 0 spiro atoms. The minimum Gasteiger partial charge on any atom is -0.394 e. The standard InChI is InChI=1S/C13H18N2O3/c1-9(17)10-6-12(14-7-10)13(18)15-5-3-2-4-11(15)8-16/h6-7,11,14,16H,2-5,8H2,1H3. The summed E-state index contributed by atoms with van der Waals surface area (Å²) in [7, 11) is 0. The number of carbonyl (C=O) groups is 2. The second-order valence-corrected chi connectivity index (χ2v) is 4.69. The number of piperidine rings is 1. The summed E-state index contributed by atoms with van der Waals surface area (Å²) < 4.78 is 0. The van der Waals surface area contributed by atoms with Gasteiger partial charge in [-0.15, -0.1) is 0 Å². The monoisotopic (exact) mass is 250 g/mol. The fourth-order valence-electron chi connectivity index (χ4n) is 2.33. The maximum atomic E-state index is 12.3. The zero-order chi connectivity index (χ0) is 13.1. The number of aliphatic hydroxyl groups is 1. The summed E-state index contributed by atoms with van der Waals surface area (Å²) in [6, 6.07) is 1.48. The highest BCUT2D eigenvalue weighted by Crippen LogP contribution is 2.19. The Kier molecular flexibility index (Phi) is 3.81. The van der Waals surface area contributed by atoms with E-state index in [1.54, 1.807) is 17.2 Å². The lowest BCUT2D eigenvalue weighted by Gasteiger charge is -2.34. The number of hydrogen-bond donors (Lipinski definition) is 2. The Hall–Kier alpha value is -1.62. The van der Waals surface area contributed by atoms with Crippen molar-refractivity contribution in [2.75, 3.05) is 13.2 Å². The molecule has 0 bridgehead atoms. The maximum Gasteiger partial charge on any atom is 0.270 e. The van der Waals surface area contributed by atoms with Crippen molar-refractivity contribution in [1.82, 2.24) is 9.88 Å². The van der Waals surface area contributed by atoms with Crippen LogP contribution in [0.5, 0.6) is 0 Å². The summed E-state index contributed by atoms with van der Waals surface area (Å²) in [6.45, 7) is 2.12. The fraction of sp³-hybridized carbons (Fsp3) is 0.538. The van der Waals surface area contributed by atoms with E-state index < -0.39 is 0 Å². The molecule has 1 atom stereocenters. The molecule has 2 heterocycles. The molecule has 0 saturated carbocycles. The average Bonchev–Trinajstić information content (AvgIpc) is 2.87. The van der Waals surface area contributed by atoms with Crippen molar-refractivity contribution in [2.45, 2.75) is 32.2 Å². The van der Waals surface area contributed by atoms with Crippen LogP contribution in [-0.4, -0.2) is 45.9 Å². The number of amides is 1. The molecule has 18 heavy (non-hydrogen) atoms. The number of aromatic amines is 1. The molecule has 5 heteroatoms. The topological polar surface area (TPSA) is 73.4 Å². The first kappa shape index (κ1) is 12.8. The summed E-state index contributed by atoms with van der Waals surface area (Å²) in [5.41, 5.74) is 0.927. The van der Waals surface area contributed by atoms with Gasteiger partial charge in [-0.3, -0.25) is 9.59 Å².